The first-order valence-corrected chi connectivity index (χ1v) is 6.61. The molecule has 0 aliphatic carbocycles. The molecule has 0 atom stereocenters. The van der Waals surface area contributed by atoms with E-state index in [0.717, 1.165) is 19.3 Å². The van der Waals surface area contributed by atoms with Crippen molar-refractivity contribution in [2.75, 3.05) is 5.75 Å². The van der Waals surface area contributed by atoms with Gasteiger partial charge in [-0.2, -0.15) is 0 Å². The Labute approximate surface area is 109 Å². The molecule has 0 spiro atoms. The van der Waals surface area contributed by atoms with Crippen molar-refractivity contribution in [3.05, 3.63) is 38.4 Å². The Bertz CT molecular complexity index is 418. The van der Waals surface area contributed by atoms with Crippen LogP contribution in [0.5, 0.6) is 0 Å². The minimum atomic E-state index is -0.574. The maximum atomic E-state index is 10.9. The van der Waals surface area contributed by atoms with Crippen molar-refractivity contribution < 1.29 is 9.85 Å². The van der Waals surface area contributed by atoms with Crippen LogP contribution in [0.2, 0.25) is 0 Å². The van der Waals surface area contributed by atoms with E-state index in [1.807, 2.05) is 0 Å². The number of benzene rings is 1. The highest BCUT2D eigenvalue weighted by molar-refractivity contribution is 7.99. The molecule has 0 aliphatic rings. The van der Waals surface area contributed by atoms with Gasteiger partial charge in [0, 0.05) is 12.1 Å². The smallest absolute Gasteiger partial charge is 0.258 e. The van der Waals surface area contributed by atoms with Gasteiger partial charge in [0.05, 0.1) is 9.85 Å². The number of hydrogen-bond acceptors (Lipinski definition) is 5. The average molecular weight is 270 g/mol. The maximum Gasteiger partial charge on any atom is 0.289 e. The molecule has 0 fully saturated rings. The summed E-state index contributed by atoms with van der Waals surface area (Å²) in [5, 5.41) is 21.7. The van der Waals surface area contributed by atoms with Crippen molar-refractivity contribution in [1.29, 1.82) is 0 Å². The summed E-state index contributed by atoms with van der Waals surface area (Å²) in [5.74, 6) is 0.652. The summed E-state index contributed by atoms with van der Waals surface area (Å²) in [4.78, 5) is 20.7. The summed E-state index contributed by atoms with van der Waals surface area (Å²) in [6.07, 6.45) is 2.95. The van der Waals surface area contributed by atoms with Crippen molar-refractivity contribution in [1.82, 2.24) is 0 Å². The average Bonchev–Trinajstić information content (AvgIpc) is 2.34. The number of rotatable bonds is 7. The molecule has 6 nitrogen and oxygen atoms in total. The predicted octanol–water partition coefficient (Wildman–Crippen LogP) is 3.79. The van der Waals surface area contributed by atoms with Gasteiger partial charge in [0.15, 0.2) is 4.90 Å². The molecule has 98 valence electrons. The van der Waals surface area contributed by atoms with Crippen molar-refractivity contribution in [3.8, 4) is 0 Å². The molecular weight excluding hydrogens is 256 g/mol. The van der Waals surface area contributed by atoms with Gasteiger partial charge < -0.3 is 0 Å². The van der Waals surface area contributed by atoms with Crippen LogP contribution in [0.1, 0.15) is 26.2 Å². The standard InChI is InChI=1S/C11H14N2O4S/c1-2-3-4-8-18-11-9(12(14)15)6-5-7-10(11)13(16)17/h5-7H,2-4,8H2,1H3. The zero-order valence-corrected chi connectivity index (χ0v) is 10.8. The van der Waals surface area contributed by atoms with Gasteiger partial charge in [0.1, 0.15) is 0 Å². The summed E-state index contributed by atoms with van der Waals surface area (Å²) in [6, 6.07) is 3.94. The van der Waals surface area contributed by atoms with E-state index in [4.69, 9.17) is 0 Å². The molecule has 0 aliphatic heterocycles. The van der Waals surface area contributed by atoms with E-state index in [1.165, 1.54) is 30.0 Å². The number of nitro benzene ring substituents is 2. The highest BCUT2D eigenvalue weighted by Crippen LogP contribution is 2.37. The first-order valence-electron chi connectivity index (χ1n) is 5.62. The summed E-state index contributed by atoms with van der Waals surface area (Å²) in [6.45, 7) is 2.05. The molecule has 0 heterocycles. The lowest BCUT2D eigenvalue weighted by molar-refractivity contribution is -0.399. The first kappa shape index (κ1) is 14.4. The lowest BCUT2D eigenvalue weighted by Gasteiger charge is -2.03. The van der Waals surface area contributed by atoms with E-state index in [-0.39, 0.29) is 16.3 Å². The molecule has 0 saturated carbocycles. The number of hydrogen-bond donors (Lipinski definition) is 0. The van der Waals surface area contributed by atoms with Gasteiger partial charge in [-0.25, -0.2) is 0 Å². The third kappa shape index (κ3) is 3.69. The van der Waals surface area contributed by atoms with Gasteiger partial charge in [0.25, 0.3) is 11.4 Å². The van der Waals surface area contributed by atoms with Crippen LogP contribution in [-0.4, -0.2) is 15.6 Å². The van der Waals surface area contributed by atoms with E-state index < -0.39 is 9.85 Å². The fourth-order valence-corrected chi connectivity index (χ4v) is 2.61. The maximum absolute atomic E-state index is 10.9. The van der Waals surface area contributed by atoms with Crippen LogP contribution in [-0.2, 0) is 0 Å². The van der Waals surface area contributed by atoms with E-state index in [0.29, 0.717) is 5.75 Å². The fourth-order valence-electron chi connectivity index (χ4n) is 1.47. The Kier molecular flexibility index (Phi) is 5.57. The number of nitrogens with zero attached hydrogens (tertiary/aromatic N) is 2. The summed E-state index contributed by atoms with van der Waals surface area (Å²) in [5.41, 5.74) is -0.378. The highest BCUT2D eigenvalue weighted by atomic mass is 32.2. The van der Waals surface area contributed by atoms with Crippen molar-refractivity contribution in [3.63, 3.8) is 0 Å². The Morgan fingerprint density at radius 2 is 1.67 bits per heavy atom. The first-order chi connectivity index (χ1) is 8.57. The van der Waals surface area contributed by atoms with Crippen LogP contribution in [0, 0.1) is 20.2 Å². The van der Waals surface area contributed by atoms with Crippen molar-refractivity contribution >= 4 is 23.1 Å². The Hall–Kier alpha value is -1.63. The molecule has 1 aromatic rings. The van der Waals surface area contributed by atoms with Gasteiger partial charge in [0.2, 0.25) is 0 Å². The second-order valence-electron chi connectivity index (χ2n) is 3.70. The SMILES string of the molecule is CCCCCSc1c([N+](=O)[O-])cccc1[N+](=O)[O-]. The van der Waals surface area contributed by atoms with E-state index in [9.17, 15) is 20.2 Å². The molecule has 0 unspecified atom stereocenters. The van der Waals surface area contributed by atoms with Crippen LogP contribution >= 0.6 is 11.8 Å². The third-order valence-corrected chi connectivity index (χ3v) is 3.56. The van der Waals surface area contributed by atoms with Crippen molar-refractivity contribution in [2.45, 2.75) is 31.1 Å². The monoisotopic (exact) mass is 270 g/mol. The van der Waals surface area contributed by atoms with E-state index in [2.05, 4.69) is 6.92 Å². The molecule has 0 radical (unpaired) electrons. The van der Waals surface area contributed by atoms with Gasteiger partial charge in [-0.05, 0) is 18.2 Å². The normalized spacial score (nSPS) is 10.3. The van der Waals surface area contributed by atoms with Crippen molar-refractivity contribution in [2.24, 2.45) is 0 Å². The Morgan fingerprint density at radius 3 is 2.11 bits per heavy atom. The third-order valence-electron chi connectivity index (χ3n) is 2.36. The molecule has 0 bridgehead atoms. The Morgan fingerprint density at radius 1 is 1.11 bits per heavy atom. The molecule has 18 heavy (non-hydrogen) atoms. The molecule has 7 heteroatoms. The van der Waals surface area contributed by atoms with Crippen LogP contribution in [0.3, 0.4) is 0 Å². The van der Waals surface area contributed by atoms with Crippen LogP contribution in [0.4, 0.5) is 11.4 Å². The number of nitro groups is 2. The number of thioether (sulfide) groups is 1. The summed E-state index contributed by atoms with van der Waals surface area (Å²) >= 11 is 1.19. The molecule has 0 aromatic heterocycles. The zero-order chi connectivity index (χ0) is 13.5. The van der Waals surface area contributed by atoms with E-state index in [1.54, 1.807) is 0 Å². The second-order valence-corrected chi connectivity index (χ2v) is 4.80. The summed E-state index contributed by atoms with van der Waals surface area (Å²) < 4.78 is 0. The number of unbranched alkanes of at least 4 members (excludes halogenated alkanes) is 2. The predicted molar refractivity (Wildman–Crippen MR) is 70.0 cm³/mol. The molecule has 0 N–H and O–H groups in total. The quantitative estimate of drug-likeness (QED) is 0.325. The van der Waals surface area contributed by atoms with Gasteiger partial charge >= 0.3 is 0 Å². The molecular formula is C11H14N2O4S. The molecule has 0 saturated heterocycles. The summed E-state index contributed by atoms with van der Waals surface area (Å²) in [7, 11) is 0. The lowest BCUT2D eigenvalue weighted by atomic mass is 10.3. The van der Waals surface area contributed by atoms with E-state index >= 15 is 0 Å². The molecule has 0 amide bonds. The highest BCUT2D eigenvalue weighted by Gasteiger charge is 2.24. The van der Waals surface area contributed by atoms with Crippen LogP contribution in [0.25, 0.3) is 0 Å². The fraction of sp³-hybridized carbons (Fsp3) is 0.455. The molecule has 1 rings (SSSR count). The topological polar surface area (TPSA) is 86.3 Å². The second kappa shape index (κ2) is 6.95. The minimum absolute atomic E-state index is 0.156. The van der Waals surface area contributed by atoms with Crippen LogP contribution in [0.15, 0.2) is 23.1 Å². The van der Waals surface area contributed by atoms with Gasteiger partial charge in [-0.15, -0.1) is 11.8 Å². The Balaban J connectivity index is 2.96. The minimum Gasteiger partial charge on any atom is -0.258 e. The largest absolute Gasteiger partial charge is 0.289 e. The molecule has 1 aromatic carbocycles. The zero-order valence-electron chi connectivity index (χ0n) is 10.00. The van der Waals surface area contributed by atoms with Crippen LogP contribution < -0.4 is 0 Å². The lowest BCUT2D eigenvalue weighted by Crippen LogP contribution is -1.97. The van der Waals surface area contributed by atoms with Gasteiger partial charge in [-0.1, -0.05) is 19.8 Å². The van der Waals surface area contributed by atoms with Gasteiger partial charge in [-0.3, -0.25) is 20.2 Å².